The van der Waals surface area contributed by atoms with Gasteiger partial charge in [-0.3, -0.25) is 4.79 Å². The smallest absolute Gasteiger partial charge is 0.321 e. The average Bonchev–Trinajstić information content (AvgIpc) is 2.98. The molecule has 0 spiro atoms. The maximum atomic E-state index is 11.1. The van der Waals surface area contributed by atoms with Crippen molar-refractivity contribution in [3.63, 3.8) is 0 Å². The molecule has 108 valence electrons. The van der Waals surface area contributed by atoms with E-state index in [1.807, 2.05) is 26.0 Å². The second-order valence-electron chi connectivity index (χ2n) is 4.99. The van der Waals surface area contributed by atoms with Crippen molar-refractivity contribution in [3.8, 4) is 0 Å². The Morgan fingerprint density at radius 2 is 2.25 bits per heavy atom. The van der Waals surface area contributed by atoms with Crippen LogP contribution in [0.5, 0.6) is 0 Å². The van der Waals surface area contributed by atoms with Crippen LogP contribution in [-0.4, -0.2) is 22.6 Å². The fourth-order valence-electron chi connectivity index (χ4n) is 1.79. The van der Waals surface area contributed by atoms with E-state index in [-0.39, 0.29) is 5.91 Å². The Morgan fingerprint density at radius 1 is 1.45 bits per heavy atom. The number of nitrogens with one attached hydrogen (secondary N) is 2. The quantitative estimate of drug-likeness (QED) is 0.835. The molecule has 0 aliphatic rings. The predicted octanol–water partition coefficient (Wildman–Crippen LogP) is 1.69. The number of hydrogen-bond donors (Lipinski definition) is 2. The Kier molecular flexibility index (Phi) is 4.07. The minimum absolute atomic E-state index is 0.146. The molecule has 2 heterocycles. The van der Waals surface area contributed by atoms with Crippen molar-refractivity contribution < 1.29 is 13.7 Å². The number of rotatable bonds is 6. The van der Waals surface area contributed by atoms with Gasteiger partial charge in [-0.25, -0.2) is 0 Å². The highest BCUT2D eigenvalue weighted by molar-refractivity contribution is 5.73. The van der Waals surface area contributed by atoms with E-state index in [1.165, 1.54) is 6.92 Å². The highest BCUT2D eigenvalue weighted by Crippen LogP contribution is 2.18. The Bertz CT molecular complexity index is 560. The van der Waals surface area contributed by atoms with E-state index in [0.29, 0.717) is 18.4 Å². The first-order valence-corrected chi connectivity index (χ1v) is 6.36. The summed E-state index contributed by atoms with van der Waals surface area (Å²) in [5, 5.41) is 9.65. The maximum absolute atomic E-state index is 11.1. The summed E-state index contributed by atoms with van der Waals surface area (Å²) in [5.74, 6) is 1.16. The second kappa shape index (κ2) is 5.77. The van der Waals surface area contributed by atoms with Gasteiger partial charge in [0.25, 0.3) is 0 Å². The molecule has 0 bridgehead atoms. The number of nitrogens with zero attached hydrogens (tertiary/aromatic N) is 2. The van der Waals surface area contributed by atoms with E-state index in [9.17, 15) is 4.79 Å². The molecule has 0 aromatic carbocycles. The third-order valence-corrected chi connectivity index (χ3v) is 2.70. The molecule has 0 radical (unpaired) electrons. The lowest BCUT2D eigenvalue weighted by Gasteiger charge is -2.20. The van der Waals surface area contributed by atoms with Gasteiger partial charge in [-0.05, 0) is 26.0 Å². The molecule has 0 fully saturated rings. The zero-order valence-corrected chi connectivity index (χ0v) is 11.8. The highest BCUT2D eigenvalue weighted by Gasteiger charge is 2.27. The molecule has 7 nitrogen and oxygen atoms in total. The summed E-state index contributed by atoms with van der Waals surface area (Å²) in [6, 6.07) is 4.07. The molecule has 2 rings (SSSR count). The molecule has 2 aromatic rings. The molecule has 2 aromatic heterocycles. The lowest BCUT2D eigenvalue weighted by molar-refractivity contribution is -0.120. The molecular weight excluding hydrogens is 260 g/mol. The van der Waals surface area contributed by atoms with Crippen LogP contribution in [0.4, 0.5) is 6.01 Å². The summed E-state index contributed by atoms with van der Waals surface area (Å²) in [4.78, 5) is 15.3. The fraction of sp³-hybridized carbons (Fsp3) is 0.462. The van der Waals surface area contributed by atoms with Crippen LogP contribution >= 0.6 is 0 Å². The number of carbonyl (C=O) groups is 1. The third kappa shape index (κ3) is 3.59. The van der Waals surface area contributed by atoms with E-state index in [2.05, 4.69) is 20.8 Å². The van der Waals surface area contributed by atoms with Crippen molar-refractivity contribution in [2.75, 3.05) is 11.9 Å². The van der Waals surface area contributed by atoms with Crippen molar-refractivity contribution in [1.29, 1.82) is 0 Å². The lowest BCUT2D eigenvalue weighted by atomic mass is 10.1. The monoisotopic (exact) mass is 278 g/mol. The third-order valence-electron chi connectivity index (χ3n) is 2.70. The van der Waals surface area contributed by atoms with Gasteiger partial charge in [0.1, 0.15) is 5.76 Å². The van der Waals surface area contributed by atoms with Crippen molar-refractivity contribution >= 4 is 11.9 Å². The Labute approximate surface area is 116 Å². The highest BCUT2D eigenvalue weighted by atomic mass is 16.5. The average molecular weight is 278 g/mol. The Morgan fingerprint density at radius 3 is 2.90 bits per heavy atom. The zero-order valence-electron chi connectivity index (χ0n) is 11.8. The molecule has 0 saturated heterocycles. The van der Waals surface area contributed by atoms with Crippen LogP contribution in [0.2, 0.25) is 0 Å². The molecule has 0 atom stereocenters. The van der Waals surface area contributed by atoms with Gasteiger partial charge in [-0.1, -0.05) is 5.16 Å². The second-order valence-corrected chi connectivity index (χ2v) is 4.99. The van der Waals surface area contributed by atoms with Crippen LogP contribution in [0.25, 0.3) is 0 Å². The molecule has 0 aliphatic heterocycles. The normalized spacial score (nSPS) is 11.3. The van der Waals surface area contributed by atoms with Gasteiger partial charge in [0.2, 0.25) is 5.91 Å². The summed E-state index contributed by atoms with van der Waals surface area (Å²) >= 11 is 0. The standard InChI is InChI=1S/C13H18N4O3/c1-9(18)16-13(2,3)11-15-12(20-17-11)14-7-6-10-5-4-8-19-10/h4-5,8H,6-7H2,1-3H3,(H,16,18)(H,14,15,17). The summed E-state index contributed by atoms with van der Waals surface area (Å²) in [6.45, 7) is 5.69. The lowest BCUT2D eigenvalue weighted by Crippen LogP contribution is -2.40. The summed E-state index contributed by atoms with van der Waals surface area (Å²) in [6.07, 6.45) is 2.36. The molecule has 20 heavy (non-hydrogen) atoms. The van der Waals surface area contributed by atoms with Gasteiger partial charge in [0.15, 0.2) is 5.82 Å². The van der Waals surface area contributed by atoms with Gasteiger partial charge < -0.3 is 19.6 Å². The number of hydrogen-bond acceptors (Lipinski definition) is 6. The van der Waals surface area contributed by atoms with Gasteiger partial charge in [-0.2, -0.15) is 4.98 Å². The largest absolute Gasteiger partial charge is 0.469 e. The van der Waals surface area contributed by atoms with E-state index in [0.717, 1.165) is 12.2 Å². The van der Waals surface area contributed by atoms with Crippen LogP contribution in [0.15, 0.2) is 27.3 Å². The van der Waals surface area contributed by atoms with E-state index in [1.54, 1.807) is 6.26 Å². The molecule has 0 saturated carbocycles. The predicted molar refractivity (Wildman–Crippen MR) is 72.0 cm³/mol. The summed E-state index contributed by atoms with van der Waals surface area (Å²) < 4.78 is 10.3. The van der Waals surface area contributed by atoms with E-state index >= 15 is 0 Å². The van der Waals surface area contributed by atoms with Crippen LogP contribution in [0.1, 0.15) is 32.4 Å². The number of anilines is 1. The number of carbonyl (C=O) groups excluding carboxylic acids is 1. The van der Waals surface area contributed by atoms with Gasteiger partial charge >= 0.3 is 6.01 Å². The number of furan rings is 1. The van der Waals surface area contributed by atoms with Crippen molar-refractivity contribution in [2.24, 2.45) is 0 Å². The minimum Gasteiger partial charge on any atom is -0.469 e. The molecule has 2 N–H and O–H groups in total. The molecular formula is C13H18N4O3. The zero-order chi connectivity index (χ0) is 14.6. The van der Waals surface area contributed by atoms with E-state index < -0.39 is 5.54 Å². The molecule has 0 unspecified atom stereocenters. The van der Waals surface area contributed by atoms with Crippen LogP contribution in [0.3, 0.4) is 0 Å². The number of aromatic nitrogens is 2. The Balaban J connectivity index is 1.90. The van der Waals surface area contributed by atoms with Gasteiger partial charge in [-0.15, -0.1) is 0 Å². The summed E-state index contributed by atoms with van der Waals surface area (Å²) in [5.41, 5.74) is -0.670. The summed E-state index contributed by atoms with van der Waals surface area (Å²) in [7, 11) is 0. The van der Waals surface area contributed by atoms with E-state index in [4.69, 9.17) is 8.94 Å². The van der Waals surface area contributed by atoms with Gasteiger partial charge in [0.05, 0.1) is 11.8 Å². The van der Waals surface area contributed by atoms with Crippen molar-refractivity contribution in [3.05, 3.63) is 30.0 Å². The van der Waals surface area contributed by atoms with Crippen LogP contribution in [0, 0.1) is 0 Å². The molecule has 1 amide bonds. The minimum atomic E-state index is -0.670. The molecule has 0 aliphatic carbocycles. The number of amides is 1. The first-order valence-electron chi connectivity index (χ1n) is 6.36. The van der Waals surface area contributed by atoms with Crippen molar-refractivity contribution in [2.45, 2.75) is 32.7 Å². The fourth-order valence-corrected chi connectivity index (χ4v) is 1.79. The SMILES string of the molecule is CC(=O)NC(C)(C)c1noc(NCCc2ccco2)n1. The topological polar surface area (TPSA) is 93.2 Å². The maximum Gasteiger partial charge on any atom is 0.321 e. The first kappa shape index (κ1) is 14.1. The van der Waals surface area contributed by atoms with Crippen LogP contribution < -0.4 is 10.6 Å². The first-order chi connectivity index (χ1) is 9.47. The Hall–Kier alpha value is -2.31. The van der Waals surface area contributed by atoms with Gasteiger partial charge in [0, 0.05) is 19.9 Å². The van der Waals surface area contributed by atoms with Crippen molar-refractivity contribution in [1.82, 2.24) is 15.5 Å². The van der Waals surface area contributed by atoms with Crippen LogP contribution in [-0.2, 0) is 16.8 Å². The molecule has 7 heteroatoms.